The maximum absolute atomic E-state index is 12.4. The number of nitrogens with zero attached hydrogens (tertiary/aromatic N) is 6. The Kier molecular flexibility index (Phi) is 8.49. The van der Waals surface area contributed by atoms with E-state index in [1.165, 1.54) is 0 Å². The van der Waals surface area contributed by atoms with Gasteiger partial charge in [0.25, 0.3) is 0 Å². The number of guanidine groups is 1. The number of carbonyl (C=O) groups excluding carboxylic acids is 1. The van der Waals surface area contributed by atoms with Crippen LogP contribution in [-0.4, -0.2) is 74.9 Å². The number of carbonyl (C=O) groups is 1. The minimum Gasteiger partial charge on any atom is -0.444 e. The number of rotatable bonds is 6. The Balaban J connectivity index is 1.92. The maximum Gasteiger partial charge on any atom is 0.410 e. The lowest BCUT2D eigenvalue weighted by atomic mass is 9.96. The van der Waals surface area contributed by atoms with Crippen LogP contribution in [0.1, 0.15) is 59.1 Å². The lowest BCUT2D eigenvalue weighted by Gasteiger charge is -2.36. The number of nitrogens with one attached hydrogen (secondary N) is 1. The molecule has 1 aromatic heterocycles. The van der Waals surface area contributed by atoms with Crippen molar-refractivity contribution in [1.82, 2.24) is 29.9 Å². The molecule has 0 spiro atoms. The van der Waals surface area contributed by atoms with Crippen LogP contribution in [0.2, 0.25) is 0 Å². The van der Waals surface area contributed by atoms with E-state index in [0.29, 0.717) is 19.0 Å². The molecule has 1 amide bonds. The summed E-state index contributed by atoms with van der Waals surface area (Å²) in [5, 5.41) is 11.7. The van der Waals surface area contributed by atoms with Crippen molar-refractivity contribution < 1.29 is 9.53 Å². The minimum atomic E-state index is -0.466. The summed E-state index contributed by atoms with van der Waals surface area (Å²) in [6, 6.07) is 0. The van der Waals surface area contributed by atoms with Crippen molar-refractivity contribution in [1.29, 1.82) is 0 Å². The van der Waals surface area contributed by atoms with E-state index >= 15 is 0 Å². The Labute approximate surface area is 180 Å². The first-order valence-corrected chi connectivity index (χ1v) is 11.0. The first-order chi connectivity index (χ1) is 14.1. The van der Waals surface area contributed by atoms with E-state index in [1.807, 2.05) is 51.1 Å². The molecule has 2 rings (SSSR count). The van der Waals surface area contributed by atoms with Gasteiger partial charge in [0.1, 0.15) is 18.0 Å². The number of aryl methyl sites for hydroxylation is 1. The molecule has 9 heteroatoms. The van der Waals surface area contributed by atoms with E-state index in [9.17, 15) is 4.79 Å². The summed E-state index contributed by atoms with van der Waals surface area (Å²) in [6.07, 6.45) is 1.82. The lowest BCUT2D eigenvalue weighted by Crippen LogP contribution is -2.47. The normalized spacial score (nSPS) is 16.0. The molecule has 2 heterocycles. The minimum absolute atomic E-state index is 0.221. The van der Waals surface area contributed by atoms with Gasteiger partial charge in [-0.15, -0.1) is 10.2 Å². The van der Waals surface area contributed by atoms with Gasteiger partial charge in [-0.3, -0.25) is 0 Å². The van der Waals surface area contributed by atoms with Gasteiger partial charge in [0.15, 0.2) is 11.8 Å². The maximum atomic E-state index is 12.4. The van der Waals surface area contributed by atoms with Crippen molar-refractivity contribution in [2.24, 2.45) is 18.0 Å². The molecule has 1 saturated heterocycles. The van der Waals surface area contributed by atoms with Crippen LogP contribution in [0.15, 0.2) is 4.99 Å². The summed E-state index contributed by atoms with van der Waals surface area (Å²) in [5.41, 5.74) is -0.466. The van der Waals surface area contributed by atoms with Crippen LogP contribution in [0.25, 0.3) is 0 Å². The molecule has 30 heavy (non-hydrogen) atoms. The van der Waals surface area contributed by atoms with E-state index in [-0.39, 0.29) is 6.09 Å². The van der Waals surface area contributed by atoms with Crippen molar-refractivity contribution in [3.63, 3.8) is 0 Å². The van der Waals surface area contributed by atoms with Crippen molar-refractivity contribution in [3.05, 3.63) is 11.6 Å². The molecule has 1 aliphatic heterocycles. The number of hydrogen-bond acceptors (Lipinski definition) is 5. The van der Waals surface area contributed by atoms with Crippen LogP contribution in [0.4, 0.5) is 4.79 Å². The first kappa shape index (κ1) is 24.0. The van der Waals surface area contributed by atoms with Gasteiger partial charge in [0, 0.05) is 39.8 Å². The zero-order valence-corrected chi connectivity index (χ0v) is 19.7. The van der Waals surface area contributed by atoms with Gasteiger partial charge in [-0.1, -0.05) is 0 Å². The third-order valence-electron chi connectivity index (χ3n) is 5.31. The lowest BCUT2D eigenvalue weighted by molar-refractivity contribution is 0.0214. The molecule has 0 saturated carbocycles. The number of ether oxygens (including phenoxy) is 1. The predicted octanol–water partition coefficient (Wildman–Crippen LogP) is 2.56. The average Bonchev–Trinajstić information content (AvgIpc) is 3.00. The highest BCUT2D eigenvalue weighted by Crippen LogP contribution is 2.20. The fraction of sp³-hybridized carbons (Fsp3) is 0.810. The van der Waals surface area contributed by atoms with Gasteiger partial charge in [-0.2, -0.15) is 0 Å². The quantitative estimate of drug-likeness (QED) is 0.561. The summed E-state index contributed by atoms with van der Waals surface area (Å²) in [5.74, 6) is 3.12. The summed E-state index contributed by atoms with van der Waals surface area (Å²) in [6.45, 7) is 16.3. The third-order valence-corrected chi connectivity index (χ3v) is 5.31. The van der Waals surface area contributed by atoms with E-state index < -0.39 is 5.60 Å². The Morgan fingerprint density at radius 1 is 1.27 bits per heavy atom. The Bertz CT molecular complexity index is 715. The van der Waals surface area contributed by atoms with Crippen LogP contribution in [0, 0.1) is 12.8 Å². The molecule has 0 atom stereocenters. The zero-order valence-electron chi connectivity index (χ0n) is 19.7. The average molecular weight is 422 g/mol. The van der Waals surface area contributed by atoms with Gasteiger partial charge in [-0.25, -0.2) is 9.79 Å². The largest absolute Gasteiger partial charge is 0.444 e. The molecule has 1 fully saturated rings. The molecule has 9 nitrogen and oxygen atoms in total. The predicted molar refractivity (Wildman–Crippen MR) is 118 cm³/mol. The van der Waals surface area contributed by atoms with E-state index in [1.54, 1.807) is 0 Å². The fourth-order valence-corrected chi connectivity index (χ4v) is 3.46. The SMILES string of the molecule is CCNC(=NCc1nnc(C)n1C)N1CCC(CN(CC)C(=O)OC(C)(C)C)CC1. The van der Waals surface area contributed by atoms with Gasteiger partial charge in [0.2, 0.25) is 0 Å². The van der Waals surface area contributed by atoms with Crippen molar-refractivity contribution in [3.8, 4) is 0 Å². The monoisotopic (exact) mass is 421 g/mol. The highest BCUT2D eigenvalue weighted by molar-refractivity contribution is 5.80. The molecule has 1 aromatic rings. The Hall–Kier alpha value is -2.32. The topological polar surface area (TPSA) is 87.9 Å². The number of hydrogen-bond donors (Lipinski definition) is 1. The van der Waals surface area contributed by atoms with Gasteiger partial charge in [-0.05, 0) is 60.3 Å². The van der Waals surface area contributed by atoms with Gasteiger partial charge in [0.05, 0.1) is 0 Å². The van der Waals surface area contributed by atoms with Crippen LogP contribution in [-0.2, 0) is 18.3 Å². The van der Waals surface area contributed by atoms with Crippen LogP contribution >= 0.6 is 0 Å². The molecule has 1 aliphatic rings. The summed E-state index contributed by atoms with van der Waals surface area (Å²) in [4.78, 5) is 21.3. The third kappa shape index (κ3) is 6.88. The van der Waals surface area contributed by atoms with Crippen LogP contribution in [0.5, 0.6) is 0 Å². The molecule has 0 radical (unpaired) electrons. The Morgan fingerprint density at radius 3 is 2.43 bits per heavy atom. The van der Waals surface area contributed by atoms with Crippen LogP contribution < -0.4 is 5.32 Å². The van der Waals surface area contributed by atoms with Gasteiger partial charge < -0.3 is 24.4 Å². The Morgan fingerprint density at radius 2 is 1.93 bits per heavy atom. The summed E-state index contributed by atoms with van der Waals surface area (Å²) >= 11 is 0. The molecule has 0 bridgehead atoms. The first-order valence-electron chi connectivity index (χ1n) is 11.0. The number of piperidine rings is 1. The van der Waals surface area contributed by atoms with Crippen molar-refractivity contribution in [2.75, 3.05) is 32.7 Å². The summed E-state index contributed by atoms with van der Waals surface area (Å²) < 4.78 is 7.51. The molecule has 0 aliphatic carbocycles. The molecular weight excluding hydrogens is 382 g/mol. The second kappa shape index (κ2) is 10.6. The van der Waals surface area contributed by atoms with E-state index in [2.05, 4.69) is 27.3 Å². The zero-order chi connectivity index (χ0) is 22.3. The van der Waals surface area contributed by atoms with E-state index in [0.717, 1.165) is 56.6 Å². The van der Waals surface area contributed by atoms with Gasteiger partial charge >= 0.3 is 6.09 Å². The van der Waals surface area contributed by atoms with E-state index in [4.69, 9.17) is 9.73 Å². The highest BCUT2D eigenvalue weighted by atomic mass is 16.6. The second-order valence-corrected chi connectivity index (χ2v) is 8.84. The fourth-order valence-electron chi connectivity index (χ4n) is 3.46. The second-order valence-electron chi connectivity index (χ2n) is 8.84. The number of aliphatic imine (C=N–C) groups is 1. The molecule has 170 valence electrons. The molecule has 1 N–H and O–H groups in total. The number of aromatic nitrogens is 3. The summed E-state index contributed by atoms with van der Waals surface area (Å²) in [7, 11) is 1.96. The number of amides is 1. The highest BCUT2D eigenvalue weighted by Gasteiger charge is 2.27. The van der Waals surface area contributed by atoms with Crippen LogP contribution in [0.3, 0.4) is 0 Å². The van der Waals surface area contributed by atoms with Crippen molar-refractivity contribution in [2.45, 2.75) is 66.5 Å². The molecule has 0 unspecified atom stereocenters. The molecule has 0 aromatic carbocycles. The smallest absolute Gasteiger partial charge is 0.410 e. The molecular formula is C21H39N7O2. The number of likely N-dealkylation sites (tertiary alicyclic amines) is 1. The standard InChI is InChI=1S/C21H39N7O2/c1-8-22-19(23-14-18-25-24-16(3)26(18)7)28-12-10-17(11-13-28)15-27(9-2)20(29)30-21(4,5)6/h17H,8-15H2,1-7H3,(H,22,23). The van der Waals surface area contributed by atoms with Crippen molar-refractivity contribution >= 4 is 12.1 Å².